The first kappa shape index (κ1) is 10.5. The molecule has 0 fully saturated rings. The molecule has 0 aliphatic heterocycles. The van der Waals surface area contributed by atoms with Gasteiger partial charge < -0.3 is 5.11 Å². The number of aliphatic hydroxyl groups is 1. The van der Waals surface area contributed by atoms with Crippen molar-refractivity contribution in [1.82, 2.24) is 0 Å². The van der Waals surface area contributed by atoms with Gasteiger partial charge in [0.05, 0.1) is 6.10 Å². The number of rotatable bonds is 3. The van der Waals surface area contributed by atoms with Crippen molar-refractivity contribution >= 4 is 0 Å². The fourth-order valence-electron chi connectivity index (χ4n) is 1.67. The third-order valence-electron chi connectivity index (χ3n) is 2.95. The molecule has 0 amide bonds. The number of hydrogen-bond acceptors (Lipinski definition) is 1. The fraction of sp³-hybridized carbons (Fsp3) is 0.667. The van der Waals surface area contributed by atoms with Gasteiger partial charge in [-0.2, -0.15) is 0 Å². The first-order chi connectivity index (χ1) is 6.16. The summed E-state index contributed by atoms with van der Waals surface area (Å²) in [7, 11) is 0. The van der Waals surface area contributed by atoms with Crippen molar-refractivity contribution < 1.29 is 5.11 Å². The van der Waals surface area contributed by atoms with Crippen molar-refractivity contribution in [2.75, 3.05) is 0 Å². The Hall–Kier alpha value is -0.560. The zero-order valence-corrected chi connectivity index (χ0v) is 8.88. The zero-order chi connectivity index (χ0) is 9.84. The van der Waals surface area contributed by atoms with E-state index < -0.39 is 0 Å². The van der Waals surface area contributed by atoms with E-state index in [4.69, 9.17) is 0 Å². The minimum absolute atomic E-state index is 0.239. The Kier molecular flexibility index (Phi) is 3.73. The van der Waals surface area contributed by atoms with Gasteiger partial charge >= 0.3 is 0 Å². The van der Waals surface area contributed by atoms with Gasteiger partial charge in [-0.3, -0.25) is 0 Å². The van der Waals surface area contributed by atoms with Crippen LogP contribution in [0.15, 0.2) is 23.3 Å². The normalized spacial score (nSPS) is 28.3. The second-order valence-corrected chi connectivity index (χ2v) is 3.99. The second-order valence-electron chi connectivity index (χ2n) is 3.99. The Morgan fingerprint density at radius 2 is 2.08 bits per heavy atom. The molecule has 1 aliphatic carbocycles. The van der Waals surface area contributed by atoms with Gasteiger partial charge in [0.2, 0.25) is 0 Å². The molecule has 2 unspecified atom stereocenters. The van der Waals surface area contributed by atoms with E-state index in [1.165, 1.54) is 24.0 Å². The maximum Gasteiger partial charge on any atom is 0.0815 e. The fourth-order valence-corrected chi connectivity index (χ4v) is 1.67. The summed E-state index contributed by atoms with van der Waals surface area (Å²) in [5.41, 5.74) is 2.49. The molecular weight excluding hydrogens is 160 g/mol. The summed E-state index contributed by atoms with van der Waals surface area (Å²) >= 11 is 0. The number of allylic oxidation sites excluding steroid dienone is 2. The maximum absolute atomic E-state index is 9.93. The predicted octanol–water partition coefficient (Wildman–Crippen LogP) is 3.06. The van der Waals surface area contributed by atoms with Crippen LogP contribution in [0.25, 0.3) is 0 Å². The molecule has 0 saturated heterocycles. The van der Waals surface area contributed by atoms with Gasteiger partial charge in [0.25, 0.3) is 0 Å². The van der Waals surface area contributed by atoms with Crippen LogP contribution in [0.1, 0.15) is 40.0 Å². The van der Waals surface area contributed by atoms with Gasteiger partial charge in [-0.1, -0.05) is 38.0 Å². The zero-order valence-electron chi connectivity index (χ0n) is 8.88. The van der Waals surface area contributed by atoms with E-state index in [2.05, 4.69) is 32.9 Å². The summed E-state index contributed by atoms with van der Waals surface area (Å²) in [4.78, 5) is 0. The van der Waals surface area contributed by atoms with E-state index in [1.54, 1.807) is 0 Å². The van der Waals surface area contributed by atoms with Crippen LogP contribution in [-0.2, 0) is 0 Å². The largest absolute Gasteiger partial charge is 0.388 e. The third-order valence-corrected chi connectivity index (χ3v) is 2.95. The first-order valence-electron chi connectivity index (χ1n) is 5.22. The summed E-state index contributed by atoms with van der Waals surface area (Å²) in [5.74, 6) is 0.303. The van der Waals surface area contributed by atoms with Crippen LogP contribution in [0, 0.1) is 5.92 Å². The van der Waals surface area contributed by atoms with Gasteiger partial charge in [0.1, 0.15) is 0 Å². The molecule has 0 saturated carbocycles. The van der Waals surface area contributed by atoms with Gasteiger partial charge in [0, 0.05) is 5.92 Å². The van der Waals surface area contributed by atoms with Crippen molar-refractivity contribution in [3.8, 4) is 0 Å². The van der Waals surface area contributed by atoms with Crippen LogP contribution >= 0.6 is 0 Å². The van der Waals surface area contributed by atoms with Crippen LogP contribution in [0.2, 0.25) is 0 Å². The topological polar surface area (TPSA) is 20.2 Å². The van der Waals surface area contributed by atoms with Crippen LogP contribution in [0.5, 0.6) is 0 Å². The summed E-state index contributed by atoms with van der Waals surface area (Å²) in [6.45, 7) is 6.36. The van der Waals surface area contributed by atoms with Gasteiger partial charge in [-0.15, -0.1) is 0 Å². The molecule has 1 N–H and O–H groups in total. The Labute approximate surface area is 81.2 Å². The third kappa shape index (κ3) is 2.44. The Bertz CT molecular complexity index is 225. The summed E-state index contributed by atoms with van der Waals surface area (Å²) in [6, 6.07) is 0. The van der Waals surface area contributed by atoms with Gasteiger partial charge in [0.15, 0.2) is 0 Å². The van der Waals surface area contributed by atoms with E-state index in [9.17, 15) is 5.11 Å². The van der Waals surface area contributed by atoms with Gasteiger partial charge in [-0.25, -0.2) is 0 Å². The highest BCUT2D eigenvalue weighted by Crippen LogP contribution is 2.27. The minimum atomic E-state index is -0.239. The van der Waals surface area contributed by atoms with Crippen LogP contribution in [0.3, 0.4) is 0 Å². The average Bonchev–Trinajstić information content (AvgIpc) is 2.13. The highest BCUT2D eigenvalue weighted by atomic mass is 16.3. The van der Waals surface area contributed by atoms with Crippen LogP contribution in [0.4, 0.5) is 0 Å². The minimum Gasteiger partial charge on any atom is -0.388 e. The molecule has 0 bridgehead atoms. The molecule has 1 rings (SSSR count). The van der Waals surface area contributed by atoms with Crippen LogP contribution < -0.4 is 0 Å². The van der Waals surface area contributed by atoms with E-state index in [0.29, 0.717) is 5.92 Å². The molecular formula is C12H20O. The molecule has 1 aliphatic rings. The summed E-state index contributed by atoms with van der Waals surface area (Å²) < 4.78 is 0. The molecule has 0 spiro atoms. The van der Waals surface area contributed by atoms with Crippen molar-refractivity contribution in [1.29, 1.82) is 0 Å². The van der Waals surface area contributed by atoms with Crippen molar-refractivity contribution in [3.63, 3.8) is 0 Å². The molecule has 0 heterocycles. The molecule has 13 heavy (non-hydrogen) atoms. The van der Waals surface area contributed by atoms with E-state index in [0.717, 1.165) is 6.42 Å². The predicted molar refractivity (Wildman–Crippen MR) is 56.5 cm³/mol. The molecule has 2 atom stereocenters. The molecule has 0 aromatic heterocycles. The van der Waals surface area contributed by atoms with E-state index >= 15 is 0 Å². The lowest BCUT2D eigenvalue weighted by Crippen LogP contribution is -2.23. The lowest BCUT2D eigenvalue weighted by Gasteiger charge is -2.25. The highest BCUT2D eigenvalue weighted by molar-refractivity contribution is 5.28. The summed E-state index contributed by atoms with van der Waals surface area (Å²) in [5, 5.41) is 9.93. The standard InChI is InChI=1S/C12H20O/c1-4-5-6-11-8-7-9(2)10(3)12(11)13/h7-8,10,12-13H,4-6H2,1-3H3. The molecule has 1 nitrogen and oxygen atoms in total. The van der Waals surface area contributed by atoms with Crippen molar-refractivity contribution in [2.45, 2.75) is 46.1 Å². The first-order valence-corrected chi connectivity index (χ1v) is 5.22. The monoisotopic (exact) mass is 180 g/mol. The number of unbranched alkanes of at least 4 members (excludes halogenated alkanes) is 1. The van der Waals surface area contributed by atoms with Crippen molar-refractivity contribution in [2.24, 2.45) is 5.92 Å². The second kappa shape index (κ2) is 4.61. The Balaban J connectivity index is 2.63. The van der Waals surface area contributed by atoms with Crippen molar-refractivity contribution in [3.05, 3.63) is 23.3 Å². The molecule has 0 aromatic rings. The highest BCUT2D eigenvalue weighted by Gasteiger charge is 2.21. The molecule has 1 heteroatoms. The lowest BCUT2D eigenvalue weighted by molar-refractivity contribution is 0.161. The SMILES string of the molecule is CCCCC1=CC=C(C)C(C)C1O. The van der Waals surface area contributed by atoms with Crippen LogP contribution in [-0.4, -0.2) is 11.2 Å². The molecule has 0 aromatic carbocycles. The van der Waals surface area contributed by atoms with E-state index in [-0.39, 0.29) is 6.10 Å². The quantitative estimate of drug-likeness (QED) is 0.707. The average molecular weight is 180 g/mol. The smallest absolute Gasteiger partial charge is 0.0815 e. The van der Waals surface area contributed by atoms with E-state index in [1.807, 2.05) is 0 Å². The maximum atomic E-state index is 9.93. The number of hydrogen-bond donors (Lipinski definition) is 1. The molecule has 74 valence electrons. The van der Waals surface area contributed by atoms with Gasteiger partial charge in [-0.05, 0) is 25.3 Å². The number of aliphatic hydroxyl groups excluding tert-OH is 1. The Morgan fingerprint density at radius 3 is 2.69 bits per heavy atom. The molecule has 0 radical (unpaired) electrons. The lowest BCUT2D eigenvalue weighted by atomic mass is 9.85. The summed E-state index contributed by atoms with van der Waals surface area (Å²) in [6.07, 6.45) is 7.42. The Morgan fingerprint density at radius 1 is 1.38 bits per heavy atom.